The van der Waals surface area contributed by atoms with Crippen molar-refractivity contribution in [1.29, 1.82) is 0 Å². The van der Waals surface area contributed by atoms with Gasteiger partial charge in [0, 0.05) is 59.1 Å². The van der Waals surface area contributed by atoms with E-state index in [1.165, 1.54) is 93.2 Å². The summed E-state index contributed by atoms with van der Waals surface area (Å²) >= 11 is 0. The highest BCUT2D eigenvalue weighted by atomic mass is 16.1. The maximum atomic E-state index is 11.5. The zero-order valence-electron chi connectivity index (χ0n) is 34.5. The Bertz CT molecular complexity index is 1610. The van der Waals surface area contributed by atoms with Crippen molar-refractivity contribution in [3.63, 3.8) is 0 Å². The van der Waals surface area contributed by atoms with Gasteiger partial charge in [0.05, 0.1) is 5.69 Å². The van der Waals surface area contributed by atoms with Crippen LogP contribution in [0.4, 0.5) is 5.69 Å². The molecule has 0 unspecified atom stereocenters. The first-order valence-electron chi connectivity index (χ1n) is 21.4. The Morgan fingerprint density at radius 1 is 0.642 bits per heavy atom. The van der Waals surface area contributed by atoms with Crippen LogP contribution in [0.15, 0.2) is 59.7 Å². The third kappa shape index (κ3) is 8.95. The molecule has 1 aromatic heterocycles. The Morgan fingerprint density at radius 2 is 1.21 bits per heavy atom. The molecule has 0 bridgehead atoms. The van der Waals surface area contributed by atoms with Gasteiger partial charge in [0.1, 0.15) is 5.78 Å². The quantitative estimate of drug-likeness (QED) is 0.258. The number of para-hydroxylation sites is 2. The van der Waals surface area contributed by atoms with Crippen LogP contribution in [0, 0.1) is 10.8 Å². The van der Waals surface area contributed by atoms with Crippen molar-refractivity contribution in [2.24, 2.45) is 23.0 Å². The number of piperidine rings is 3. The van der Waals surface area contributed by atoms with Crippen LogP contribution in [0.2, 0.25) is 0 Å². The molecule has 3 aliphatic carbocycles. The number of aromatic nitrogens is 1. The Labute approximate surface area is 322 Å². The molecule has 3 spiro atoms. The number of Topliss-reactive ketones (excluding diaryl/α,β-unsaturated/α-hetero) is 1. The van der Waals surface area contributed by atoms with Crippen LogP contribution >= 0.6 is 0 Å². The van der Waals surface area contributed by atoms with Gasteiger partial charge >= 0.3 is 0 Å². The van der Waals surface area contributed by atoms with Crippen molar-refractivity contribution < 1.29 is 4.79 Å². The van der Waals surface area contributed by atoms with Gasteiger partial charge in [0.25, 0.3) is 0 Å². The number of carbonyl (C=O) groups is 1. The third-order valence-corrected chi connectivity index (χ3v) is 13.4. The van der Waals surface area contributed by atoms with Crippen LogP contribution in [-0.2, 0) is 23.7 Å². The van der Waals surface area contributed by atoms with Crippen molar-refractivity contribution >= 4 is 28.1 Å². The van der Waals surface area contributed by atoms with Crippen LogP contribution in [-0.4, -0.2) is 74.3 Å². The Morgan fingerprint density at radius 3 is 1.83 bits per heavy atom. The topological polar surface area (TPSA) is 64.9 Å². The first kappa shape index (κ1) is 41.2. The molecule has 7 heteroatoms. The zero-order chi connectivity index (χ0) is 37.9. The lowest BCUT2D eigenvalue weighted by atomic mass is 9.76. The number of carbonyl (C=O) groups excluding carboxylic acids is 1. The number of likely N-dealkylation sites (tertiary alicyclic amines) is 1. The fourth-order valence-electron chi connectivity index (χ4n) is 10.3. The summed E-state index contributed by atoms with van der Waals surface area (Å²) in [7, 11) is 6.59. The zero-order valence-corrected chi connectivity index (χ0v) is 34.5. The average molecular weight is 725 g/mol. The normalized spacial score (nSPS) is 22.9. The minimum Gasteiger partial charge on any atom is -0.347 e. The smallest absolute Gasteiger partial charge is 0.139 e. The maximum absolute atomic E-state index is 11.5. The second-order valence-electron chi connectivity index (χ2n) is 16.1. The lowest BCUT2D eigenvalue weighted by Crippen LogP contribution is -2.40. The highest BCUT2D eigenvalue weighted by molar-refractivity contribution is 5.93. The van der Waals surface area contributed by atoms with Gasteiger partial charge < -0.3 is 20.1 Å². The van der Waals surface area contributed by atoms with Crippen molar-refractivity contribution in [3.05, 3.63) is 65.9 Å². The summed E-state index contributed by atoms with van der Waals surface area (Å²) in [4.78, 5) is 14.0. The summed E-state index contributed by atoms with van der Waals surface area (Å²) in [5.41, 5.74) is 8.32. The van der Waals surface area contributed by atoms with E-state index in [4.69, 9.17) is 5.10 Å². The van der Waals surface area contributed by atoms with Crippen LogP contribution in [0.3, 0.4) is 0 Å². The average Bonchev–Trinajstić information content (AvgIpc) is 3.96. The summed E-state index contributed by atoms with van der Waals surface area (Å²) in [6.07, 6.45) is 17.0. The number of aryl methyl sites for hydroxylation is 2. The van der Waals surface area contributed by atoms with E-state index in [0.717, 1.165) is 58.3 Å². The molecule has 5 fully saturated rings. The lowest BCUT2D eigenvalue weighted by molar-refractivity contribution is -0.127. The van der Waals surface area contributed by atoms with E-state index >= 15 is 0 Å². The number of hydrazone groups is 1. The molecule has 6 aliphatic rings. The lowest BCUT2D eigenvalue weighted by Gasteiger charge is -2.38. The van der Waals surface area contributed by atoms with E-state index in [1.54, 1.807) is 11.3 Å². The molecule has 2 N–H and O–H groups in total. The molecule has 2 aromatic carbocycles. The summed E-state index contributed by atoms with van der Waals surface area (Å²) in [5, 5.41) is 15.3. The number of rotatable bonds is 2. The first-order valence-corrected chi connectivity index (χ1v) is 21.4. The Kier molecular flexibility index (Phi) is 14.8. The Balaban J connectivity index is 0.000000151. The van der Waals surface area contributed by atoms with Gasteiger partial charge in [-0.2, -0.15) is 5.10 Å². The Hall–Kier alpha value is -3.00. The summed E-state index contributed by atoms with van der Waals surface area (Å²) in [5.74, 6) is 0.541. The molecule has 2 saturated carbocycles. The predicted octanol–water partition coefficient (Wildman–Crippen LogP) is 9.28. The van der Waals surface area contributed by atoms with E-state index in [9.17, 15) is 4.79 Å². The van der Waals surface area contributed by atoms with Crippen LogP contribution < -0.4 is 15.6 Å². The number of hydrogen-bond donors (Lipinski definition) is 2. The molecule has 0 amide bonds. The standard InChI is InChI=1S/C17H22N2.C16H23N3.C9H15NO.2C2H6/c1-18-11-9-17(10-12-18)8-7-14-13-5-3-4-6-15(13)19(2)16(14)17;1-19(14-6-3-2-4-7-14)18-15-8-5-9-16(15)10-12-17-13-11-16;11-8-2-1-3-9(8)4-6-10-7-5-9;2*1-2/h3-6H,7-12H2,1-2H3;2-4,6-7,17H,5,8-13H2,1H3;10H,1-7H2;2*1-2H3/b;18-15+;;;. The van der Waals surface area contributed by atoms with E-state index in [-0.39, 0.29) is 5.41 Å². The summed E-state index contributed by atoms with van der Waals surface area (Å²) in [6, 6.07) is 19.4. The van der Waals surface area contributed by atoms with Crippen LogP contribution in [0.1, 0.15) is 122 Å². The van der Waals surface area contributed by atoms with E-state index < -0.39 is 0 Å². The van der Waals surface area contributed by atoms with E-state index in [0.29, 0.717) is 16.6 Å². The van der Waals surface area contributed by atoms with E-state index in [2.05, 4.69) is 89.8 Å². The largest absolute Gasteiger partial charge is 0.347 e. The third-order valence-electron chi connectivity index (χ3n) is 13.4. The second kappa shape index (κ2) is 19.0. The molecule has 53 heavy (non-hydrogen) atoms. The van der Waals surface area contributed by atoms with Gasteiger partial charge in [-0.05, 0) is 154 Å². The molecule has 7 nitrogen and oxygen atoms in total. The summed E-state index contributed by atoms with van der Waals surface area (Å²) < 4.78 is 2.49. The fourth-order valence-corrected chi connectivity index (χ4v) is 10.3. The second-order valence-corrected chi connectivity index (χ2v) is 16.1. The van der Waals surface area contributed by atoms with Gasteiger partial charge in [-0.15, -0.1) is 0 Å². The minimum absolute atomic E-state index is 0.130. The van der Waals surface area contributed by atoms with Gasteiger partial charge in [0.15, 0.2) is 0 Å². The predicted molar refractivity (Wildman–Crippen MR) is 226 cm³/mol. The SMILES string of the molecule is CC.CC.CN(/N=C1\CCCC12CCNCC2)c1ccccc1.CN1CCC2(CCc3c2n(C)c2ccccc32)CC1.O=C1CCCC12CCNCC2. The molecule has 3 aliphatic heterocycles. The van der Waals surface area contributed by atoms with Gasteiger partial charge in [-0.25, -0.2) is 0 Å². The first-order chi connectivity index (χ1) is 25.8. The van der Waals surface area contributed by atoms with Gasteiger partial charge in [0.2, 0.25) is 0 Å². The molecule has 0 atom stereocenters. The molecule has 292 valence electrons. The maximum Gasteiger partial charge on any atom is 0.139 e. The summed E-state index contributed by atoms with van der Waals surface area (Å²) in [6.45, 7) is 14.9. The van der Waals surface area contributed by atoms with E-state index in [1.807, 2.05) is 38.8 Å². The van der Waals surface area contributed by atoms with Crippen LogP contribution in [0.5, 0.6) is 0 Å². The number of fused-ring (bicyclic) bond motifs is 4. The monoisotopic (exact) mass is 725 g/mol. The van der Waals surface area contributed by atoms with Crippen LogP contribution in [0.25, 0.3) is 10.9 Å². The molecule has 4 heterocycles. The fraction of sp³-hybridized carbons (Fsp3) is 0.652. The molecule has 3 aromatic rings. The molecule has 9 rings (SSSR count). The number of benzene rings is 2. The number of ketones is 1. The minimum atomic E-state index is 0.130. The van der Waals surface area contributed by atoms with Gasteiger partial charge in [-0.3, -0.25) is 9.80 Å². The number of hydrogen-bond acceptors (Lipinski definition) is 6. The van der Waals surface area contributed by atoms with Crippen molar-refractivity contribution in [2.45, 2.75) is 123 Å². The van der Waals surface area contributed by atoms with Crippen molar-refractivity contribution in [1.82, 2.24) is 20.1 Å². The number of nitrogens with one attached hydrogen (secondary N) is 2. The van der Waals surface area contributed by atoms with Gasteiger partial charge in [-0.1, -0.05) is 64.1 Å². The number of nitrogens with zero attached hydrogens (tertiary/aromatic N) is 4. The molecule has 3 saturated heterocycles. The molecular formula is C46H72N6O. The highest BCUT2D eigenvalue weighted by Gasteiger charge is 2.44. The molecule has 0 radical (unpaired) electrons. The molecular weight excluding hydrogens is 653 g/mol. The highest BCUT2D eigenvalue weighted by Crippen LogP contribution is 2.49. The number of anilines is 1. The van der Waals surface area contributed by atoms with Crippen molar-refractivity contribution in [3.8, 4) is 0 Å². The van der Waals surface area contributed by atoms with Crippen molar-refractivity contribution in [2.75, 3.05) is 58.4 Å².